The van der Waals surface area contributed by atoms with E-state index in [0.717, 1.165) is 12.8 Å². The highest BCUT2D eigenvalue weighted by atomic mass is 35.5. The fraction of sp³-hybridized carbons (Fsp3) is 0.235. The molecule has 0 spiro atoms. The topological polar surface area (TPSA) is 38.3 Å². The first-order chi connectivity index (χ1) is 11.0. The van der Waals surface area contributed by atoms with Crippen molar-refractivity contribution in [3.63, 3.8) is 0 Å². The molecule has 1 saturated carbocycles. The Morgan fingerprint density at radius 1 is 1.13 bits per heavy atom. The molecule has 23 heavy (non-hydrogen) atoms. The summed E-state index contributed by atoms with van der Waals surface area (Å²) in [5.41, 5.74) is 0.556. The van der Waals surface area contributed by atoms with Crippen LogP contribution in [0.4, 0.5) is 4.39 Å². The number of rotatable bonds is 5. The van der Waals surface area contributed by atoms with Gasteiger partial charge in [0.25, 0.3) is 5.91 Å². The number of nitrogens with one attached hydrogen (secondary N) is 1. The lowest BCUT2D eigenvalue weighted by atomic mass is 10.1. The minimum Gasteiger partial charge on any atom is -0.476 e. The quantitative estimate of drug-likeness (QED) is 0.857. The Morgan fingerprint density at radius 3 is 2.30 bits per heavy atom. The first kappa shape index (κ1) is 16.1. The van der Waals surface area contributed by atoms with Gasteiger partial charge in [0.15, 0.2) is 0 Å². The molecule has 0 radical (unpaired) electrons. The fourth-order valence-corrected chi connectivity index (χ4v) is 2.65. The van der Waals surface area contributed by atoms with Crippen molar-refractivity contribution in [2.75, 3.05) is 0 Å². The Hall–Kier alpha value is -1.78. The molecule has 0 aromatic heterocycles. The second-order valence-corrected chi connectivity index (χ2v) is 6.31. The molecule has 1 N–H and O–H groups in total. The van der Waals surface area contributed by atoms with Crippen LogP contribution in [-0.2, 0) is 4.79 Å². The zero-order valence-corrected chi connectivity index (χ0v) is 13.6. The normalized spacial score (nSPS) is 15.1. The third-order valence-electron chi connectivity index (χ3n) is 3.42. The average molecular weight is 354 g/mol. The van der Waals surface area contributed by atoms with Crippen molar-refractivity contribution in [2.24, 2.45) is 0 Å². The number of carbonyl (C=O) groups excluding carboxylic acids is 1. The van der Waals surface area contributed by atoms with Gasteiger partial charge in [-0.25, -0.2) is 4.39 Å². The van der Waals surface area contributed by atoms with Gasteiger partial charge in [0.1, 0.15) is 11.6 Å². The monoisotopic (exact) mass is 353 g/mol. The largest absolute Gasteiger partial charge is 0.476 e. The van der Waals surface area contributed by atoms with Gasteiger partial charge in [-0.1, -0.05) is 35.3 Å². The van der Waals surface area contributed by atoms with E-state index in [1.165, 1.54) is 24.3 Å². The summed E-state index contributed by atoms with van der Waals surface area (Å²) >= 11 is 11.9. The van der Waals surface area contributed by atoms with Crippen molar-refractivity contribution in [1.82, 2.24) is 5.32 Å². The van der Waals surface area contributed by atoms with Gasteiger partial charge < -0.3 is 10.1 Å². The van der Waals surface area contributed by atoms with Gasteiger partial charge in [0.2, 0.25) is 6.10 Å². The lowest BCUT2D eigenvalue weighted by Gasteiger charge is -2.19. The van der Waals surface area contributed by atoms with Crippen molar-refractivity contribution in [3.05, 3.63) is 63.9 Å². The number of ether oxygens (including phenoxy) is 1. The van der Waals surface area contributed by atoms with Gasteiger partial charge in [-0.2, -0.15) is 0 Å². The van der Waals surface area contributed by atoms with E-state index in [0.29, 0.717) is 21.4 Å². The molecule has 2 aromatic carbocycles. The summed E-state index contributed by atoms with van der Waals surface area (Å²) in [5, 5.41) is 3.71. The number of amides is 1. The highest BCUT2D eigenvalue weighted by Crippen LogP contribution is 2.29. The van der Waals surface area contributed by atoms with Gasteiger partial charge in [-0.3, -0.25) is 4.79 Å². The number of benzene rings is 2. The minimum atomic E-state index is -0.897. The summed E-state index contributed by atoms with van der Waals surface area (Å²) in [6, 6.07) is 10.6. The predicted molar refractivity (Wildman–Crippen MR) is 87.4 cm³/mol. The van der Waals surface area contributed by atoms with Crippen LogP contribution in [0.2, 0.25) is 10.0 Å². The lowest BCUT2D eigenvalue weighted by molar-refractivity contribution is -0.128. The Bertz CT molecular complexity index is 697. The molecule has 3 rings (SSSR count). The molecule has 6 heteroatoms. The third kappa shape index (κ3) is 4.36. The molecule has 0 saturated heterocycles. The maximum atomic E-state index is 13.1. The summed E-state index contributed by atoms with van der Waals surface area (Å²) in [7, 11) is 0. The molecule has 0 unspecified atom stereocenters. The molecule has 1 aliphatic carbocycles. The number of hydrogen-bond donors (Lipinski definition) is 1. The van der Waals surface area contributed by atoms with Crippen molar-refractivity contribution in [2.45, 2.75) is 25.0 Å². The van der Waals surface area contributed by atoms with Crippen LogP contribution in [0.3, 0.4) is 0 Å². The van der Waals surface area contributed by atoms with Crippen LogP contribution in [0.5, 0.6) is 5.75 Å². The van der Waals surface area contributed by atoms with Crippen LogP contribution in [0.25, 0.3) is 0 Å². The Balaban J connectivity index is 1.87. The molecule has 1 aliphatic rings. The summed E-state index contributed by atoms with van der Waals surface area (Å²) in [6.45, 7) is 0. The average Bonchev–Trinajstić information content (AvgIpc) is 3.29. The summed E-state index contributed by atoms with van der Waals surface area (Å²) in [5.74, 6) is -0.265. The second-order valence-electron chi connectivity index (χ2n) is 5.44. The number of halogens is 3. The second kappa shape index (κ2) is 6.77. The fourth-order valence-electron chi connectivity index (χ4n) is 2.15. The first-order valence-electron chi connectivity index (χ1n) is 7.20. The van der Waals surface area contributed by atoms with Gasteiger partial charge in [0, 0.05) is 21.7 Å². The van der Waals surface area contributed by atoms with Crippen LogP contribution in [0.1, 0.15) is 24.5 Å². The standard InChI is InChI=1S/C17H14Cl2FNO2/c18-11-7-12(19)9-15(8-11)23-16(17(22)21-14-5-6-14)10-1-3-13(20)4-2-10/h1-4,7-9,14,16H,5-6H2,(H,21,22)/t16-/m0/s1. The molecule has 0 bridgehead atoms. The van der Waals surface area contributed by atoms with E-state index in [2.05, 4.69) is 5.32 Å². The van der Waals surface area contributed by atoms with E-state index in [4.69, 9.17) is 27.9 Å². The van der Waals surface area contributed by atoms with Crippen molar-refractivity contribution < 1.29 is 13.9 Å². The van der Waals surface area contributed by atoms with Gasteiger partial charge in [-0.05, 0) is 43.2 Å². The maximum Gasteiger partial charge on any atom is 0.266 e. The van der Waals surface area contributed by atoms with Gasteiger partial charge in [0.05, 0.1) is 0 Å². The Labute approximate surface area is 143 Å². The van der Waals surface area contributed by atoms with Crippen LogP contribution in [0.15, 0.2) is 42.5 Å². The van der Waals surface area contributed by atoms with Crippen LogP contribution in [-0.4, -0.2) is 11.9 Å². The van der Waals surface area contributed by atoms with Crippen molar-refractivity contribution in [3.8, 4) is 5.75 Å². The summed E-state index contributed by atoms with van der Waals surface area (Å²) < 4.78 is 18.9. The van der Waals surface area contributed by atoms with Crippen LogP contribution in [0, 0.1) is 5.82 Å². The van der Waals surface area contributed by atoms with E-state index < -0.39 is 6.10 Å². The molecule has 2 aromatic rings. The third-order valence-corrected chi connectivity index (χ3v) is 3.86. The summed E-state index contributed by atoms with van der Waals surface area (Å²) in [6.07, 6.45) is 1.03. The van der Waals surface area contributed by atoms with E-state index in [1.807, 2.05) is 0 Å². The molecule has 1 atom stereocenters. The molecular formula is C17H14Cl2FNO2. The molecular weight excluding hydrogens is 340 g/mol. The van der Waals surface area contributed by atoms with E-state index in [-0.39, 0.29) is 17.8 Å². The zero-order valence-electron chi connectivity index (χ0n) is 12.1. The first-order valence-corrected chi connectivity index (χ1v) is 7.95. The lowest BCUT2D eigenvalue weighted by Crippen LogP contribution is -2.33. The zero-order chi connectivity index (χ0) is 16.4. The maximum absolute atomic E-state index is 13.1. The molecule has 1 amide bonds. The molecule has 0 heterocycles. The molecule has 3 nitrogen and oxygen atoms in total. The SMILES string of the molecule is O=C(NC1CC1)[C@@H](Oc1cc(Cl)cc(Cl)c1)c1ccc(F)cc1. The van der Waals surface area contributed by atoms with Gasteiger partial charge in [-0.15, -0.1) is 0 Å². The Kier molecular flexibility index (Phi) is 4.74. The Morgan fingerprint density at radius 2 is 1.74 bits per heavy atom. The number of carbonyl (C=O) groups is 1. The van der Waals surface area contributed by atoms with E-state index in [9.17, 15) is 9.18 Å². The summed E-state index contributed by atoms with van der Waals surface area (Å²) in [4.78, 5) is 12.5. The minimum absolute atomic E-state index is 0.192. The van der Waals surface area contributed by atoms with Crippen molar-refractivity contribution in [1.29, 1.82) is 0 Å². The van der Waals surface area contributed by atoms with Crippen molar-refractivity contribution >= 4 is 29.1 Å². The highest BCUT2D eigenvalue weighted by molar-refractivity contribution is 6.34. The van der Waals surface area contributed by atoms with Crippen LogP contribution < -0.4 is 10.1 Å². The molecule has 120 valence electrons. The number of hydrogen-bond acceptors (Lipinski definition) is 2. The predicted octanol–water partition coefficient (Wildman–Crippen LogP) is 4.53. The smallest absolute Gasteiger partial charge is 0.266 e. The van der Waals surface area contributed by atoms with Crippen LogP contribution >= 0.6 is 23.2 Å². The van der Waals surface area contributed by atoms with E-state index in [1.54, 1.807) is 18.2 Å². The van der Waals surface area contributed by atoms with Gasteiger partial charge >= 0.3 is 0 Å². The highest BCUT2D eigenvalue weighted by Gasteiger charge is 2.29. The molecule has 0 aliphatic heterocycles. The van der Waals surface area contributed by atoms with E-state index >= 15 is 0 Å². The molecule has 1 fully saturated rings.